The lowest BCUT2D eigenvalue weighted by Crippen LogP contribution is -2.63. The Kier molecular flexibility index (Phi) is 3.41. The van der Waals surface area contributed by atoms with E-state index >= 15 is 0 Å². The Morgan fingerprint density at radius 1 is 1.17 bits per heavy atom. The first-order valence-corrected chi connectivity index (χ1v) is 7.76. The lowest BCUT2D eigenvalue weighted by atomic mass is 9.64. The van der Waals surface area contributed by atoms with Crippen molar-refractivity contribution in [1.29, 1.82) is 0 Å². The number of nitrogens with one attached hydrogen (secondary N) is 2. The van der Waals surface area contributed by atoms with Crippen LogP contribution in [0.15, 0.2) is 0 Å². The Morgan fingerprint density at radius 3 is 2.61 bits per heavy atom. The van der Waals surface area contributed by atoms with Crippen molar-refractivity contribution < 1.29 is 5.11 Å². The Bertz CT molecular complexity index is 299. The molecule has 3 N–H and O–H groups in total. The van der Waals surface area contributed by atoms with Crippen molar-refractivity contribution in [3.05, 3.63) is 0 Å². The van der Waals surface area contributed by atoms with Crippen LogP contribution in [0.1, 0.15) is 52.4 Å². The predicted octanol–water partition coefficient (Wildman–Crippen LogP) is 1.66. The fourth-order valence-electron chi connectivity index (χ4n) is 4.20. The lowest BCUT2D eigenvalue weighted by Gasteiger charge is -2.51. The van der Waals surface area contributed by atoms with Gasteiger partial charge >= 0.3 is 0 Å². The van der Waals surface area contributed by atoms with E-state index in [0.717, 1.165) is 18.4 Å². The van der Waals surface area contributed by atoms with Gasteiger partial charge in [-0.15, -0.1) is 0 Å². The summed E-state index contributed by atoms with van der Waals surface area (Å²) in [6.45, 7) is 5.59. The third-order valence-corrected chi connectivity index (χ3v) is 5.82. The molecule has 1 aliphatic heterocycles. The molecular formula is C15H28N2O. The minimum Gasteiger partial charge on any atom is -0.392 e. The summed E-state index contributed by atoms with van der Waals surface area (Å²) < 4.78 is 0. The first kappa shape index (κ1) is 12.9. The van der Waals surface area contributed by atoms with Gasteiger partial charge in [0, 0.05) is 23.5 Å². The Morgan fingerprint density at radius 2 is 2.00 bits per heavy atom. The van der Waals surface area contributed by atoms with E-state index in [1.807, 2.05) is 0 Å². The summed E-state index contributed by atoms with van der Waals surface area (Å²) in [7, 11) is 0. The van der Waals surface area contributed by atoms with Crippen LogP contribution in [0.3, 0.4) is 0 Å². The van der Waals surface area contributed by atoms with Crippen LogP contribution in [0.25, 0.3) is 0 Å². The minimum atomic E-state index is -0.112. The summed E-state index contributed by atoms with van der Waals surface area (Å²) in [4.78, 5) is 0. The van der Waals surface area contributed by atoms with Gasteiger partial charge < -0.3 is 15.7 Å². The molecule has 0 bridgehead atoms. The molecule has 1 saturated heterocycles. The Balaban J connectivity index is 1.58. The number of hydrogen-bond acceptors (Lipinski definition) is 3. The molecule has 2 saturated carbocycles. The smallest absolute Gasteiger partial charge is 0.0621 e. The third kappa shape index (κ3) is 2.10. The Labute approximate surface area is 111 Å². The quantitative estimate of drug-likeness (QED) is 0.716. The molecule has 3 fully saturated rings. The number of rotatable bonds is 3. The second-order valence-electron chi connectivity index (χ2n) is 7.20. The van der Waals surface area contributed by atoms with Crippen molar-refractivity contribution in [2.75, 3.05) is 6.54 Å². The highest BCUT2D eigenvalue weighted by Crippen LogP contribution is 2.42. The maximum Gasteiger partial charge on any atom is 0.0621 e. The van der Waals surface area contributed by atoms with E-state index in [1.165, 1.54) is 38.6 Å². The van der Waals surface area contributed by atoms with E-state index < -0.39 is 0 Å². The molecule has 3 nitrogen and oxygen atoms in total. The van der Waals surface area contributed by atoms with E-state index in [9.17, 15) is 5.11 Å². The zero-order chi connectivity index (χ0) is 12.8. The molecule has 104 valence electrons. The van der Waals surface area contributed by atoms with Crippen LogP contribution < -0.4 is 10.6 Å². The molecule has 1 heterocycles. The zero-order valence-electron chi connectivity index (χ0n) is 11.8. The van der Waals surface area contributed by atoms with Gasteiger partial charge in [0.25, 0.3) is 0 Å². The standard InChI is InChI=1S/C15H28N2O/c1-15(2)13(9-14(15)18)17-12-6-3-5-10(12)11-7-4-8-16-11/h10-14,16-18H,3-9H2,1-2H3. The monoisotopic (exact) mass is 252 g/mol. The van der Waals surface area contributed by atoms with Gasteiger partial charge in [0.2, 0.25) is 0 Å². The van der Waals surface area contributed by atoms with Crippen molar-refractivity contribution in [3.8, 4) is 0 Å². The molecule has 0 aromatic rings. The minimum absolute atomic E-state index is 0.0657. The number of aliphatic hydroxyl groups excluding tert-OH is 1. The molecule has 5 atom stereocenters. The van der Waals surface area contributed by atoms with Crippen LogP contribution in [0.5, 0.6) is 0 Å². The van der Waals surface area contributed by atoms with Crippen molar-refractivity contribution in [2.45, 2.75) is 76.6 Å². The fourth-order valence-corrected chi connectivity index (χ4v) is 4.20. The van der Waals surface area contributed by atoms with E-state index in [4.69, 9.17) is 0 Å². The van der Waals surface area contributed by atoms with E-state index in [-0.39, 0.29) is 11.5 Å². The first-order valence-electron chi connectivity index (χ1n) is 7.76. The van der Waals surface area contributed by atoms with Crippen LogP contribution >= 0.6 is 0 Å². The van der Waals surface area contributed by atoms with Crippen molar-refractivity contribution in [3.63, 3.8) is 0 Å². The third-order valence-electron chi connectivity index (χ3n) is 5.82. The van der Waals surface area contributed by atoms with Gasteiger partial charge in [0.05, 0.1) is 6.10 Å². The summed E-state index contributed by atoms with van der Waals surface area (Å²) in [5.41, 5.74) is 0.0657. The molecule has 2 aliphatic carbocycles. The molecule has 0 spiro atoms. The van der Waals surface area contributed by atoms with Crippen LogP contribution in [0, 0.1) is 11.3 Å². The second kappa shape index (κ2) is 4.77. The highest BCUT2D eigenvalue weighted by Gasteiger charge is 2.49. The summed E-state index contributed by atoms with van der Waals surface area (Å²) >= 11 is 0. The molecule has 18 heavy (non-hydrogen) atoms. The van der Waals surface area contributed by atoms with E-state index in [2.05, 4.69) is 24.5 Å². The first-order chi connectivity index (χ1) is 8.59. The predicted molar refractivity (Wildman–Crippen MR) is 73.5 cm³/mol. The van der Waals surface area contributed by atoms with Gasteiger partial charge in [0.1, 0.15) is 0 Å². The maximum atomic E-state index is 9.85. The van der Waals surface area contributed by atoms with Gasteiger partial charge in [-0.05, 0) is 44.6 Å². The average molecular weight is 252 g/mol. The van der Waals surface area contributed by atoms with Crippen LogP contribution in [-0.4, -0.2) is 35.9 Å². The number of hydrogen-bond donors (Lipinski definition) is 3. The van der Waals surface area contributed by atoms with Gasteiger partial charge in [-0.25, -0.2) is 0 Å². The lowest BCUT2D eigenvalue weighted by molar-refractivity contribution is -0.0775. The zero-order valence-corrected chi connectivity index (χ0v) is 11.8. The average Bonchev–Trinajstić information content (AvgIpc) is 2.98. The van der Waals surface area contributed by atoms with Crippen molar-refractivity contribution in [1.82, 2.24) is 10.6 Å². The largest absolute Gasteiger partial charge is 0.392 e. The van der Waals surface area contributed by atoms with Crippen molar-refractivity contribution in [2.24, 2.45) is 11.3 Å². The van der Waals surface area contributed by atoms with Gasteiger partial charge in [-0.3, -0.25) is 0 Å². The highest BCUT2D eigenvalue weighted by molar-refractivity contribution is 5.04. The van der Waals surface area contributed by atoms with Gasteiger partial charge in [0.15, 0.2) is 0 Å². The summed E-state index contributed by atoms with van der Waals surface area (Å²) in [5.74, 6) is 0.820. The molecule has 3 rings (SSSR count). The summed E-state index contributed by atoms with van der Waals surface area (Å²) in [5, 5.41) is 17.4. The molecule has 3 heteroatoms. The molecule has 0 aromatic heterocycles. The van der Waals surface area contributed by atoms with Gasteiger partial charge in [-0.2, -0.15) is 0 Å². The SMILES string of the molecule is CC1(C)C(O)CC1NC1CCCC1C1CCCN1. The molecule has 0 radical (unpaired) electrons. The highest BCUT2D eigenvalue weighted by atomic mass is 16.3. The van der Waals surface area contributed by atoms with E-state index in [1.54, 1.807) is 0 Å². The molecule has 5 unspecified atom stereocenters. The van der Waals surface area contributed by atoms with Gasteiger partial charge in [-0.1, -0.05) is 20.3 Å². The number of aliphatic hydroxyl groups is 1. The van der Waals surface area contributed by atoms with Crippen LogP contribution in [0.2, 0.25) is 0 Å². The molecule has 0 amide bonds. The van der Waals surface area contributed by atoms with E-state index in [0.29, 0.717) is 12.1 Å². The summed E-state index contributed by atoms with van der Waals surface area (Å²) in [6, 6.07) is 1.94. The molecular weight excluding hydrogens is 224 g/mol. The second-order valence-corrected chi connectivity index (χ2v) is 7.20. The topological polar surface area (TPSA) is 44.3 Å². The van der Waals surface area contributed by atoms with Crippen LogP contribution in [0.4, 0.5) is 0 Å². The normalized spacial score (nSPS) is 47.2. The molecule has 0 aromatic carbocycles. The summed E-state index contributed by atoms with van der Waals surface area (Å²) in [6.07, 6.45) is 7.61. The maximum absolute atomic E-state index is 9.85. The Hall–Kier alpha value is -0.120. The van der Waals surface area contributed by atoms with Crippen molar-refractivity contribution >= 4 is 0 Å². The molecule has 3 aliphatic rings. The fraction of sp³-hybridized carbons (Fsp3) is 1.00. The van der Waals surface area contributed by atoms with Crippen LogP contribution in [-0.2, 0) is 0 Å².